The first-order valence-electron chi connectivity index (χ1n) is 12.0. The van der Waals surface area contributed by atoms with Crippen molar-refractivity contribution in [2.75, 3.05) is 25.0 Å². The van der Waals surface area contributed by atoms with E-state index >= 15 is 0 Å². The van der Waals surface area contributed by atoms with Crippen LogP contribution in [0.1, 0.15) is 23.6 Å². The van der Waals surface area contributed by atoms with Crippen molar-refractivity contribution in [3.8, 4) is 5.75 Å². The second-order valence-corrected chi connectivity index (χ2v) is 11.2. The molecule has 0 aliphatic carbocycles. The maximum atomic E-state index is 13.9. The number of carbonyl (C=O) groups is 2. The lowest BCUT2D eigenvalue weighted by Crippen LogP contribution is -2.50. The Balaban J connectivity index is 2.06. The number of nitrogens with one attached hydrogen (secondary N) is 1. The van der Waals surface area contributed by atoms with Crippen molar-refractivity contribution < 1.29 is 22.7 Å². The Kier molecular flexibility index (Phi) is 9.40. The molecule has 0 spiro atoms. The molecule has 0 fully saturated rings. The third-order valence-corrected chi connectivity index (χ3v) is 8.26. The topological polar surface area (TPSA) is 96.0 Å². The number of anilines is 1. The molecule has 0 saturated heterocycles. The number of carbonyl (C=O) groups excluding carboxylic acids is 2. The minimum Gasteiger partial charge on any atom is -0.497 e. The van der Waals surface area contributed by atoms with Crippen molar-refractivity contribution in [2.45, 2.75) is 38.3 Å². The van der Waals surface area contributed by atoms with E-state index in [-0.39, 0.29) is 23.0 Å². The van der Waals surface area contributed by atoms with Crippen LogP contribution in [0.25, 0.3) is 0 Å². The smallest absolute Gasteiger partial charge is 0.264 e. The number of methoxy groups -OCH3 is 1. The van der Waals surface area contributed by atoms with E-state index in [0.717, 1.165) is 15.4 Å². The normalized spacial score (nSPS) is 11.9. The molecule has 0 unspecified atom stereocenters. The lowest BCUT2D eigenvalue weighted by molar-refractivity contribution is -0.139. The number of nitrogens with zero attached hydrogens (tertiary/aromatic N) is 2. The van der Waals surface area contributed by atoms with E-state index in [1.165, 1.54) is 30.1 Å². The highest BCUT2D eigenvalue weighted by molar-refractivity contribution is 7.92. The summed E-state index contributed by atoms with van der Waals surface area (Å²) < 4.78 is 34.0. The number of rotatable bonds is 10. The highest BCUT2D eigenvalue weighted by Crippen LogP contribution is 2.30. The fraction of sp³-hybridized carbons (Fsp3) is 0.286. The Bertz CT molecular complexity index is 1390. The van der Waals surface area contributed by atoms with Crippen LogP contribution < -0.4 is 14.4 Å². The number of aryl methyl sites for hydroxylation is 2. The monoisotopic (exact) mass is 557 g/mol. The molecule has 8 nitrogen and oxygen atoms in total. The van der Waals surface area contributed by atoms with E-state index in [0.29, 0.717) is 16.3 Å². The quantitative estimate of drug-likeness (QED) is 0.400. The van der Waals surface area contributed by atoms with Crippen LogP contribution in [0.3, 0.4) is 0 Å². The van der Waals surface area contributed by atoms with E-state index < -0.39 is 28.5 Å². The summed E-state index contributed by atoms with van der Waals surface area (Å²) in [5, 5.41) is 2.89. The van der Waals surface area contributed by atoms with E-state index in [1.54, 1.807) is 69.5 Å². The van der Waals surface area contributed by atoms with Crippen LogP contribution in [0.5, 0.6) is 5.75 Å². The number of hydrogen-bond acceptors (Lipinski definition) is 5. The number of benzene rings is 3. The highest BCUT2D eigenvalue weighted by atomic mass is 35.5. The molecule has 0 saturated carbocycles. The summed E-state index contributed by atoms with van der Waals surface area (Å²) in [4.78, 5) is 27.8. The van der Waals surface area contributed by atoms with Gasteiger partial charge in [0, 0.05) is 18.6 Å². The zero-order valence-electron chi connectivity index (χ0n) is 22.1. The van der Waals surface area contributed by atoms with Crippen LogP contribution in [0.15, 0.2) is 71.6 Å². The average Bonchev–Trinajstić information content (AvgIpc) is 2.91. The highest BCUT2D eigenvalue weighted by Gasteiger charge is 2.33. The van der Waals surface area contributed by atoms with Gasteiger partial charge in [0.05, 0.1) is 17.7 Å². The fourth-order valence-corrected chi connectivity index (χ4v) is 5.56. The first kappa shape index (κ1) is 29.0. The van der Waals surface area contributed by atoms with Crippen LogP contribution in [-0.2, 0) is 26.2 Å². The zero-order valence-corrected chi connectivity index (χ0v) is 23.6. The number of ether oxygens (including phenoxy) is 1. The average molecular weight is 558 g/mol. The Morgan fingerprint density at radius 1 is 1.00 bits per heavy atom. The van der Waals surface area contributed by atoms with E-state index in [4.69, 9.17) is 16.3 Å². The first-order valence-corrected chi connectivity index (χ1v) is 13.8. The van der Waals surface area contributed by atoms with Crippen LogP contribution >= 0.6 is 11.6 Å². The number of likely N-dealkylation sites (N-methyl/N-ethyl adjacent to an activating group) is 1. The summed E-state index contributed by atoms with van der Waals surface area (Å²) in [6, 6.07) is 17.5. The first-order chi connectivity index (χ1) is 18.0. The van der Waals surface area contributed by atoms with Crippen molar-refractivity contribution in [2.24, 2.45) is 0 Å². The summed E-state index contributed by atoms with van der Waals surface area (Å²) in [6.45, 7) is 4.76. The van der Waals surface area contributed by atoms with E-state index in [9.17, 15) is 18.0 Å². The lowest BCUT2D eigenvalue weighted by atomic mass is 10.1. The molecule has 1 N–H and O–H groups in total. The third kappa shape index (κ3) is 6.65. The summed E-state index contributed by atoms with van der Waals surface area (Å²) in [6.07, 6.45) is 0. The Labute approximate surface area is 229 Å². The summed E-state index contributed by atoms with van der Waals surface area (Å²) >= 11 is 6.24. The molecule has 0 heterocycles. The summed E-state index contributed by atoms with van der Waals surface area (Å²) in [7, 11) is -1.12. The maximum absolute atomic E-state index is 13.9. The fourth-order valence-electron chi connectivity index (χ4n) is 3.92. The van der Waals surface area contributed by atoms with Gasteiger partial charge in [0.1, 0.15) is 18.3 Å². The maximum Gasteiger partial charge on any atom is 0.264 e. The van der Waals surface area contributed by atoms with Crippen molar-refractivity contribution in [3.05, 3.63) is 88.4 Å². The molecule has 0 aromatic heterocycles. The Morgan fingerprint density at radius 3 is 2.21 bits per heavy atom. The molecule has 1 atom stereocenters. The summed E-state index contributed by atoms with van der Waals surface area (Å²) in [5.41, 5.74) is 2.56. The molecule has 0 aliphatic rings. The molecule has 0 radical (unpaired) electrons. The van der Waals surface area contributed by atoms with Gasteiger partial charge in [0.15, 0.2) is 0 Å². The SMILES string of the molecule is CNC(=O)[C@@H](C)N(Cc1ccc(OC)cc1)C(=O)CN(c1cc(Cl)ccc1C)S(=O)(=O)c1ccc(C)cc1. The standard InChI is InChI=1S/C28H32ClN3O5S/c1-19-6-14-25(15-7-19)38(35,36)32(26-16-23(29)11-8-20(26)2)18-27(33)31(21(3)28(34)30-4)17-22-9-12-24(37-5)13-10-22/h6-16,21H,17-18H2,1-5H3,(H,30,34)/t21-/m1/s1. The van der Waals surface area contributed by atoms with Crippen molar-refractivity contribution in [1.82, 2.24) is 10.2 Å². The molecule has 3 aromatic rings. The second kappa shape index (κ2) is 12.3. The Hall–Kier alpha value is -3.56. The van der Waals surface area contributed by atoms with Gasteiger partial charge in [0.2, 0.25) is 11.8 Å². The largest absolute Gasteiger partial charge is 0.497 e. The molecule has 3 aromatic carbocycles. The van der Waals surface area contributed by atoms with Gasteiger partial charge in [-0.15, -0.1) is 0 Å². The molecule has 0 aliphatic heterocycles. The van der Waals surface area contributed by atoms with E-state index in [1.807, 2.05) is 6.92 Å². The molecular weight excluding hydrogens is 526 g/mol. The number of halogens is 1. The van der Waals surface area contributed by atoms with E-state index in [2.05, 4.69) is 5.32 Å². The van der Waals surface area contributed by atoms with Crippen molar-refractivity contribution in [3.63, 3.8) is 0 Å². The van der Waals surface area contributed by atoms with Gasteiger partial charge < -0.3 is 15.0 Å². The number of amides is 2. The third-order valence-electron chi connectivity index (χ3n) is 6.25. The minimum absolute atomic E-state index is 0.0383. The molecule has 3 rings (SSSR count). The van der Waals surface area contributed by atoms with Gasteiger partial charge in [0.25, 0.3) is 10.0 Å². The minimum atomic E-state index is -4.16. The predicted octanol–water partition coefficient (Wildman–Crippen LogP) is 4.32. The predicted molar refractivity (Wildman–Crippen MR) is 149 cm³/mol. The summed E-state index contributed by atoms with van der Waals surface area (Å²) in [5.74, 6) is -0.275. The molecule has 2 amide bonds. The molecule has 10 heteroatoms. The molecule has 0 bridgehead atoms. The second-order valence-electron chi connectivity index (χ2n) is 8.92. The van der Waals surface area contributed by atoms with Crippen molar-refractivity contribution in [1.29, 1.82) is 0 Å². The van der Waals surface area contributed by atoms with Gasteiger partial charge in [-0.25, -0.2) is 8.42 Å². The van der Waals surface area contributed by atoms with Crippen LogP contribution in [0.4, 0.5) is 5.69 Å². The van der Waals surface area contributed by atoms with Gasteiger partial charge in [-0.05, 0) is 68.3 Å². The van der Waals surface area contributed by atoms with Gasteiger partial charge in [-0.2, -0.15) is 0 Å². The van der Waals surface area contributed by atoms with Gasteiger partial charge in [-0.1, -0.05) is 47.5 Å². The molecule has 38 heavy (non-hydrogen) atoms. The molecular formula is C28H32ClN3O5S. The number of hydrogen-bond donors (Lipinski definition) is 1. The Morgan fingerprint density at radius 2 is 1.63 bits per heavy atom. The van der Waals surface area contributed by atoms with Crippen molar-refractivity contribution >= 4 is 39.1 Å². The van der Waals surface area contributed by atoms with Crippen LogP contribution in [-0.4, -0.2) is 51.9 Å². The zero-order chi connectivity index (χ0) is 28.0. The number of sulfonamides is 1. The van der Waals surface area contributed by atoms with Gasteiger partial charge >= 0.3 is 0 Å². The lowest BCUT2D eigenvalue weighted by Gasteiger charge is -2.32. The van der Waals surface area contributed by atoms with Gasteiger partial charge in [-0.3, -0.25) is 13.9 Å². The van der Waals surface area contributed by atoms with Crippen LogP contribution in [0.2, 0.25) is 5.02 Å². The molecule has 202 valence electrons. The van der Waals surface area contributed by atoms with Crippen LogP contribution in [0, 0.1) is 13.8 Å².